The second-order valence-corrected chi connectivity index (χ2v) is 8.33. The minimum absolute atomic E-state index is 0.0276. The molecule has 0 aromatic heterocycles. The topological polar surface area (TPSA) is 61.4 Å². The molecule has 0 aliphatic heterocycles. The van der Waals surface area contributed by atoms with E-state index in [0.717, 1.165) is 32.4 Å². The quantitative estimate of drug-likeness (QED) is 0.547. The molecule has 6 heteroatoms. The first-order chi connectivity index (χ1) is 14.0. The summed E-state index contributed by atoms with van der Waals surface area (Å²) in [6.45, 7) is 5.65. The van der Waals surface area contributed by atoms with E-state index in [2.05, 4.69) is 24.5 Å². The summed E-state index contributed by atoms with van der Waals surface area (Å²) in [5.74, 6) is 0.657. The lowest BCUT2D eigenvalue weighted by molar-refractivity contribution is -0.120. The van der Waals surface area contributed by atoms with Gasteiger partial charge >= 0.3 is 0 Å². The number of amides is 2. The monoisotopic (exact) mass is 417 g/mol. The predicted molar refractivity (Wildman–Crippen MR) is 123 cm³/mol. The van der Waals surface area contributed by atoms with Crippen molar-refractivity contribution in [2.75, 3.05) is 18.4 Å². The van der Waals surface area contributed by atoms with E-state index in [1.54, 1.807) is 6.07 Å². The number of anilines is 1. The third-order valence-electron chi connectivity index (χ3n) is 5.40. The van der Waals surface area contributed by atoms with Gasteiger partial charge in [0.25, 0.3) is 5.91 Å². The van der Waals surface area contributed by atoms with Crippen LogP contribution in [0.3, 0.4) is 0 Å². The van der Waals surface area contributed by atoms with Crippen molar-refractivity contribution in [2.24, 2.45) is 5.92 Å². The Hall–Kier alpha value is -1.95. The van der Waals surface area contributed by atoms with E-state index in [1.165, 1.54) is 32.1 Å². The zero-order valence-electron chi connectivity index (χ0n) is 17.8. The summed E-state index contributed by atoms with van der Waals surface area (Å²) in [7, 11) is 0. The maximum atomic E-state index is 12.8. The number of benzene rings is 1. The van der Waals surface area contributed by atoms with Gasteiger partial charge in [-0.1, -0.05) is 52.0 Å². The summed E-state index contributed by atoms with van der Waals surface area (Å²) in [4.78, 5) is 26.8. The average molecular weight is 418 g/mol. The molecule has 160 valence electrons. The van der Waals surface area contributed by atoms with Crippen molar-refractivity contribution in [1.29, 1.82) is 0 Å². The van der Waals surface area contributed by atoms with E-state index in [-0.39, 0.29) is 16.9 Å². The van der Waals surface area contributed by atoms with E-state index in [9.17, 15) is 9.59 Å². The zero-order chi connectivity index (χ0) is 21.1. The molecular formula is C23H35N3O2S. The van der Waals surface area contributed by atoms with Gasteiger partial charge < -0.3 is 15.5 Å². The van der Waals surface area contributed by atoms with Crippen LogP contribution in [0.25, 0.3) is 0 Å². The Morgan fingerprint density at radius 3 is 2.45 bits per heavy atom. The summed E-state index contributed by atoms with van der Waals surface area (Å²) in [6.07, 6.45) is 9.68. The first-order valence-electron chi connectivity index (χ1n) is 11.0. The molecule has 2 rings (SSSR count). The Kier molecular flexibility index (Phi) is 10.1. The fourth-order valence-corrected chi connectivity index (χ4v) is 4.16. The summed E-state index contributed by atoms with van der Waals surface area (Å²) >= 11 is 5.29. The lowest BCUT2D eigenvalue weighted by Crippen LogP contribution is -2.34. The highest BCUT2D eigenvalue weighted by Crippen LogP contribution is 2.27. The second-order valence-electron chi connectivity index (χ2n) is 7.92. The summed E-state index contributed by atoms with van der Waals surface area (Å²) in [5, 5.41) is 6.08. The first-order valence-corrected chi connectivity index (χ1v) is 11.4. The van der Waals surface area contributed by atoms with Gasteiger partial charge in [0, 0.05) is 30.8 Å². The van der Waals surface area contributed by atoms with Crippen LogP contribution < -0.4 is 10.6 Å². The molecule has 1 aromatic carbocycles. The van der Waals surface area contributed by atoms with Gasteiger partial charge in [-0.25, -0.2) is 0 Å². The average Bonchev–Trinajstić information content (AvgIpc) is 2.72. The molecule has 1 saturated carbocycles. The van der Waals surface area contributed by atoms with E-state index in [4.69, 9.17) is 12.2 Å². The molecule has 2 amide bonds. The zero-order valence-corrected chi connectivity index (χ0v) is 18.7. The van der Waals surface area contributed by atoms with Crippen molar-refractivity contribution in [3.8, 4) is 0 Å². The summed E-state index contributed by atoms with van der Waals surface area (Å²) in [5.41, 5.74) is 1.34. The van der Waals surface area contributed by atoms with E-state index in [1.807, 2.05) is 23.1 Å². The van der Waals surface area contributed by atoms with Gasteiger partial charge in [0.1, 0.15) is 0 Å². The molecule has 1 aliphatic rings. The summed E-state index contributed by atoms with van der Waals surface area (Å²) in [6, 6.07) is 7.29. The van der Waals surface area contributed by atoms with Crippen LogP contribution in [0.5, 0.6) is 0 Å². The first kappa shape index (κ1) is 23.3. The minimum Gasteiger partial charge on any atom is -0.339 e. The molecule has 5 nitrogen and oxygen atoms in total. The molecule has 1 fully saturated rings. The Balaban J connectivity index is 1.85. The van der Waals surface area contributed by atoms with E-state index < -0.39 is 0 Å². The lowest BCUT2D eigenvalue weighted by Gasteiger charge is -2.22. The number of hydrogen-bond acceptors (Lipinski definition) is 3. The predicted octanol–water partition coefficient (Wildman–Crippen LogP) is 5.12. The Morgan fingerprint density at radius 1 is 1.10 bits per heavy atom. The number of hydrogen-bond donors (Lipinski definition) is 2. The molecule has 0 atom stereocenters. The van der Waals surface area contributed by atoms with Crippen LogP contribution in [0.2, 0.25) is 0 Å². The minimum atomic E-state index is -0.0441. The molecule has 0 radical (unpaired) electrons. The van der Waals surface area contributed by atoms with Gasteiger partial charge in [-0.3, -0.25) is 9.59 Å². The number of carbonyl (C=O) groups is 2. The highest BCUT2D eigenvalue weighted by atomic mass is 32.1. The Bertz CT molecular complexity index is 680. The fraction of sp³-hybridized carbons (Fsp3) is 0.609. The van der Waals surface area contributed by atoms with Gasteiger partial charge in [-0.05, 0) is 55.6 Å². The van der Waals surface area contributed by atoms with Crippen molar-refractivity contribution < 1.29 is 9.59 Å². The standard InChI is InChI=1S/C23H35N3O2S/c1-3-15-26(16-4-2)22(28)19-11-8-12-20(17-19)24-23(29)25-21(27)14-13-18-9-6-5-7-10-18/h8,11-12,17-18H,3-7,9-10,13-16H2,1-2H3,(H2,24,25,27,29). The molecule has 0 spiro atoms. The normalized spacial score (nSPS) is 14.3. The van der Waals surface area contributed by atoms with Crippen LogP contribution in [0.1, 0.15) is 82.0 Å². The smallest absolute Gasteiger partial charge is 0.253 e. The number of carbonyl (C=O) groups excluding carboxylic acids is 2. The number of nitrogens with zero attached hydrogens (tertiary/aromatic N) is 1. The molecule has 1 aromatic rings. The largest absolute Gasteiger partial charge is 0.339 e. The van der Waals surface area contributed by atoms with Gasteiger partial charge in [0.2, 0.25) is 5.91 Å². The Morgan fingerprint density at radius 2 is 1.79 bits per heavy atom. The van der Waals surface area contributed by atoms with Crippen molar-refractivity contribution in [3.05, 3.63) is 29.8 Å². The molecule has 0 heterocycles. The number of thiocarbonyl (C=S) groups is 1. The van der Waals surface area contributed by atoms with Crippen LogP contribution in [-0.4, -0.2) is 34.9 Å². The van der Waals surface area contributed by atoms with Gasteiger partial charge in [0.05, 0.1) is 0 Å². The van der Waals surface area contributed by atoms with Crippen LogP contribution in [0, 0.1) is 5.92 Å². The lowest BCUT2D eigenvalue weighted by atomic mass is 9.86. The SMILES string of the molecule is CCCN(CCC)C(=O)c1cccc(NC(=S)NC(=O)CCC2CCCCC2)c1. The third-order valence-corrected chi connectivity index (χ3v) is 5.60. The maximum absolute atomic E-state index is 12.8. The third kappa shape index (κ3) is 8.13. The number of nitrogens with one attached hydrogen (secondary N) is 2. The van der Waals surface area contributed by atoms with Gasteiger partial charge in [0.15, 0.2) is 5.11 Å². The highest BCUT2D eigenvalue weighted by molar-refractivity contribution is 7.80. The Labute approximate surface area is 180 Å². The maximum Gasteiger partial charge on any atom is 0.253 e. The molecule has 0 bridgehead atoms. The molecule has 29 heavy (non-hydrogen) atoms. The molecule has 0 saturated heterocycles. The van der Waals surface area contributed by atoms with Crippen LogP contribution in [0.4, 0.5) is 5.69 Å². The van der Waals surface area contributed by atoms with Crippen molar-refractivity contribution >= 4 is 34.8 Å². The van der Waals surface area contributed by atoms with Crippen molar-refractivity contribution in [2.45, 2.75) is 71.6 Å². The number of rotatable bonds is 9. The fourth-order valence-electron chi connectivity index (χ4n) is 3.93. The van der Waals surface area contributed by atoms with Crippen molar-refractivity contribution in [3.63, 3.8) is 0 Å². The molecule has 1 aliphatic carbocycles. The molecular weight excluding hydrogens is 382 g/mol. The van der Waals surface area contributed by atoms with Gasteiger partial charge in [-0.2, -0.15) is 0 Å². The van der Waals surface area contributed by atoms with E-state index >= 15 is 0 Å². The summed E-state index contributed by atoms with van der Waals surface area (Å²) < 4.78 is 0. The van der Waals surface area contributed by atoms with Gasteiger partial charge in [-0.15, -0.1) is 0 Å². The second kappa shape index (κ2) is 12.6. The van der Waals surface area contributed by atoms with E-state index in [0.29, 0.717) is 23.6 Å². The molecule has 0 unspecified atom stereocenters. The van der Waals surface area contributed by atoms with Crippen LogP contribution in [0.15, 0.2) is 24.3 Å². The van der Waals surface area contributed by atoms with Crippen LogP contribution in [-0.2, 0) is 4.79 Å². The van der Waals surface area contributed by atoms with Crippen LogP contribution >= 0.6 is 12.2 Å². The highest BCUT2D eigenvalue weighted by Gasteiger charge is 2.16. The molecule has 2 N–H and O–H groups in total. The van der Waals surface area contributed by atoms with Crippen molar-refractivity contribution in [1.82, 2.24) is 10.2 Å².